The van der Waals surface area contributed by atoms with Crippen LogP contribution in [0.5, 0.6) is 0 Å². The Morgan fingerprint density at radius 3 is 2.08 bits per heavy atom. The van der Waals surface area contributed by atoms with E-state index < -0.39 is 12.1 Å². The number of carboxylic acid groups (broad SMARTS) is 1. The van der Waals surface area contributed by atoms with E-state index >= 15 is 0 Å². The van der Waals surface area contributed by atoms with Crippen LogP contribution in [-0.2, 0) is 9.59 Å². The summed E-state index contributed by atoms with van der Waals surface area (Å²) in [7, 11) is 5.66. The number of carbonyl (C=O) groups is 2. The Morgan fingerprint density at radius 1 is 1.46 bits per heavy atom. The minimum Gasteiger partial charge on any atom is -0.550 e. The number of carbonyl (C=O) groups excluding carboxylic acids is 2. The molecule has 0 aromatic heterocycles. The lowest BCUT2D eigenvalue weighted by atomic mass is 10.2. The van der Waals surface area contributed by atoms with Gasteiger partial charge in [-0.2, -0.15) is 0 Å². The van der Waals surface area contributed by atoms with E-state index in [1.807, 2.05) is 27.9 Å². The van der Waals surface area contributed by atoms with Crippen LogP contribution in [-0.4, -0.2) is 56.1 Å². The first-order valence-electron chi connectivity index (χ1n) is 3.78. The third-order valence-electron chi connectivity index (χ3n) is 1.16. The second-order valence-corrected chi connectivity index (χ2v) is 3.70. The van der Waals surface area contributed by atoms with Crippen molar-refractivity contribution in [2.45, 2.75) is 12.5 Å². The van der Waals surface area contributed by atoms with Crippen molar-refractivity contribution in [3.8, 4) is 0 Å². The highest BCUT2D eigenvalue weighted by molar-refractivity contribution is 5.64. The predicted octanol–water partition coefficient (Wildman–Crippen LogP) is -1.99. The molecule has 0 aromatic rings. The van der Waals surface area contributed by atoms with Gasteiger partial charge in [0.15, 0.2) is 0 Å². The highest BCUT2D eigenvalue weighted by Gasteiger charge is 2.14. The Labute approximate surface area is 78.2 Å². The summed E-state index contributed by atoms with van der Waals surface area (Å²) in [6.45, 7) is 2.42. The topological polar surface area (TPSA) is 77.4 Å². The Hall–Kier alpha value is -0.940. The van der Waals surface area contributed by atoms with Crippen LogP contribution in [0.3, 0.4) is 0 Å². The highest BCUT2D eigenvalue weighted by atomic mass is 16.4. The molecule has 0 saturated heterocycles. The number of carboxylic acids is 1. The molecule has 5 nitrogen and oxygen atoms in total. The van der Waals surface area contributed by atoms with Gasteiger partial charge in [-0.3, -0.25) is 0 Å². The maximum atomic E-state index is 10.0. The summed E-state index contributed by atoms with van der Waals surface area (Å²) >= 11 is 0. The lowest BCUT2D eigenvalue weighted by Gasteiger charge is -2.26. The van der Waals surface area contributed by atoms with Crippen molar-refractivity contribution < 1.29 is 24.3 Å². The fourth-order valence-corrected chi connectivity index (χ4v) is 0.889. The van der Waals surface area contributed by atoms with E-state index in [1.54, 1.807) is 0 Å². The molecule has 1 unspecified atom stereocenters. The molecule has 0 fully saturated rings. The van der Waals surface area contributed by atoms with E-state index in [1.165, 1.54) is 0 Å². The SMILES string of the molecule is C=O.C[N+](C)(C)CC(O)CC(=O)[O-]. The smallest absolute Gasteiger partial charge is 0.108 e. The molecule has 0 aliphatic heterocycles. The van der Waals surface area contributed by atoms with Crippen molar-refractivity contribution in [2.75, 3.05) is 27.7 Å². The Morgan fingerprint density at radius 2 is 1.85 bits per heavy atom. The number of hydrogen-bond donors (Lipinski definition) is 1. The van der Waals surface area contributed by atoms with Gasteiger partial charge in [-0.1, -0.05) is 0 Å². The van der Waals surface area contributed by atoms with Gasteiger partial charge in [0.05, 0.1) is 21.1 Å². The zero-order valence-electron chi connectivity index (χ0n) is 8.32. The summed E-state index contributed by atoms with van der Waals surface area (Å²) < 4.78 is 0.550. The van der Waals surface area contributed by atoms with E-state index in [2.05, 4.69) is 0 Å². The van der Waals surface area contributed by atoms with Crippen molar-refractivity contribution in [1.82, 2.24) is 0 Å². The average Bonchev–Trinajstić information content (AvgIpc) is 1.85. The number of rotatable bonds is 4. The number of likely N-dealkylation sites (N-methyl/N-ethyl adjacent to an activating group) is 1. The normalized spacial score (nSPS) is 12.6. The van der Waals surface area contributed by atoms with Gasteiger partial charge in [0.25, 0.3) is 0 Å². The van der Waals surface area contributed by atoms with Crippen molar-refractivity contribution in [3.63, 3.8) is 0 Å². The zero-order valence-corrected chi connectivity index (χ0v) is 8.32. The van der Waals surface area contributed by atoms with Gasteiger partial charge < -0.3 is 24.3 Å². The molecule has 0 rings (SSSR count). The van der Waals surface area contributed by atoms with Crippen LogP contribution in [0, 0.1) is 0 Å². The number of aliphatic carboxylic acids is 1. The van der Waals surface area contributed by atoms with Gasteiger partial charge in [0, 0.05) is 12.4 Å². The van der Waals surface area contributed by atoms with Crippen LogP contribution in [0.25, 0.3) is 0 Å². The first-order chi connectivity index (χ1) is 5.81. The maximum absolute atomic E-state index is 10.0. The van der Waals surface area contributed by atoms with E-state index in [4.69, 9.17) is 9.90 Å². The van der Waals surface area contributed by atoms with Crippen LogP contribution >= 0.6 is 0 Å². The summed E-state index contributed by atoms with van der Waals surface area (Å²) in [5, 5.41) is 19.1. The molecule has 13 heavy (non-hydrogen) atoms. The molecule has 0 aromatic carbocycles. The minimum absolute atomic E-state index is 0.282. The first-order valence-corrected chi connectivity index (χ1v) is 3.78. The molecule has 78 valence electrons. The number of aliphatic hydroxyl groups excluding tert-OH is 1. The molecular weight excluding hydrogens is 174 g/mol. The quantitative estimate of drug-likeness (QED) is 0.522. The second-order valence-electron chi connectivity index (χ2n) is 3.70. The molecular formula is C8H17NO4. The lowest BCUT2D eigenvalue weighted by molar-refractivity contribution is -0.873. The van der Waals surface area contributed by atoms with Crippen LogP contribution < -0.4 is 5.11 Å². The van der Waals surface area contributed by atoms with Crippen LogP contribution in [0.4, 0.5) is 0 Å². The Bertz CT molecular complexity index is 153. The third-order valence-corrected chi connectivity index (χ3v) is 1.16. The van der Waals surface area contributed by atoms with Crippen molar-refractivity contribution in [2.24, 2.45) is 0 Å². The first kappa shape index (κ1) is 14.6. The molecule has 1 atom stereocenters. The molecule has 5 heteroatoms. The maximum Gasteiger partial charge on any atom is 0.108 e. The van der Waals surface area contributed by atoms with Crippen molar-refractivity contribution in [1.29, 1.82) is 0 Å². The standard InChI is InChI=1S/C7H15NO3.CH2O/c1-8(2,3)5-6(9)4-7(10)11;1-2/h6,9H,4-5H2,1-3H3;1H2. The van der Waals surface area contributed by atoms with Crippen LogP contribution in [0.15, 0.2) is 0 Å². The predicted molar refractivity (Wildman–Crippen MR) is 45.7 cm³/mol. The van der Waals surface area contributed by atoms with E-state index in [-0.39, 0.29) is 6.42 Å². The number of quaternary nitrogens is 1. The third kappa shape index (κ3) is 14.0. The number of nitrogens with zero attached hydrogens (tertiary/aromatic N) is 1. The van der Waals surface area contributed by atoms with E-state index in [0.717, 1.165) is 0 Å². The summed E-state index contributed by atoms with van der Waals surface area (Å²) in [6, 6.07) is 0. The molecule has 0 heterocycles. The molecule has 0 spiro atoms. The largest absolute Gasteiger partial charge is 0.550 e. The zero-order chi connectivity index (χ0) is 11.1. The fraction of sp³-hybridized carbons (Fsp3) is 0.750. The van der Waals surface area contributed by atoms with Gasteiger partial charge in [0.1, 0.15) is 19.4 Å². The monoisotopic (exact) mass is 191 g/mol. The van der Waals surface area contributed by atoms with Crippen LogP contribution in [0.2, 0.25) is 0 Å². The summed E-state index contributed by atoms with van der Waals surface area (Å²) in [5.41, 5.74) is 0. The lowest BCUT2D eigenvalue weighted by Crippen LogP contribution is -2.43. The average molecular weight is 191 g/mol. The van der Waals surface area contributed by atoms with Gasteiger partial charge in [-0.25, -0.2) is 0 Å². The Kier molecular flexibility index (Phi) is 7.36. The van der Waals surface area contributed by atoms with Crippen molar-refractivity contribution >= 4 is 12.8 Å². The number of hydrogen-bond acceptors (Lipinski definition) is 4. The molecule has 1 N–H and O–H groups in total. The molecule has 0 aliphatic rings. The minimum atomic E-state index is -1.20. The molecule has 0 radical (unpaired) electrons. The molecule has 0 amide bonds. The Balaban J connectivity index is 0. The van der Waals surface area contributed by atoms with Gasteiger partial charge >= 0.3 is 0 Å². The molecule has 0 aliphatic carbocycles. The van der Waals surface area contributed by atoms with E-state index in [9.17, 15) is 9.90 Å². The number of aliphatic hydroxyl groups is 1. The summed E-state index contributed by atoms with van der Waals surface area (Å²) in [4.78, 5) is 18.0. The van der Waals surface area contributed by atoms with Crippen LogP contribution in [0.1, 0.15) is 6.42 Å². The van der Waals surface area contributed by atoms with Gasteiger partial charge in [0.2, 0.25) is 0 Å². The molecule has 0 saturated carbocycles. The highest BCUT2D eigenvalue weighted by Crippen LogP contribution is 1.97. The van der Waals surface area contributed by atoms with Gasteiger partial charge in [-0.15, -0.1) is 0 Å². The van der Waals surface area contributed by atoms with Gasteiger partial charge in [-0.05, 0) is 0 Å². The fourth-order valence-electron chi connectivity index (χ4n) is 0.889. The summed E-state index contributed by atoms with van der Waals surface area (Å²) in [6.07, 6.45) is -1.09. The van der Waals surface area contributed by atoms with Crippen molar-refractivity contribution in [3.05, 3.63) is 0 Å². The summed E-state index contributed by atoms with van der Waals surface area (Å²) in [5.74, 6) is -1.20. The molecule has 0 bridgehead atoms. The second kappa shape index (κ2) is 6.56. The van der Waals surface area contributed by atoms with E-state index in [0.29, 0.717) is 11.0 Å².